The third kappa shape index (κ3) is 2.12. The molecule has 0 aliphatic heterocycles. The number of halogens is 2. The predicted molar refractivity (Wildman–Crippen MR) is 47.8 cm³/mol. The van der Waals surface area contributed by atoms with Gasteiger partial charge in [-0.3, -0.25) is 0 Å². The Morgan fingerprint density at radius 3 is 2.54 bits per heavy atom. The van der Waals surface area contributed by atoms with Gasteiger partial charge in [0.25, 0.3) is 0 Å². The molecule has 0 saturated carbocycles. The third-order valence-electron chi connectivity index (χ3n) is 1.55. The Kier molecular flexibility index (Phi) is 3.14. The molecular formula is C7H7BClFO3. The number of rotatable bonds is 2. The molecule has 0 amide bonds. The van der Waals surface area contributed by atoms with Crippen molar-refractivity contribution in [2.75, 3.05) is 7.11 Å². The molecule has 0 atom stereocenters. The van der Waals surface area contributed by atoms with Crippen LogP contribution in [0.1, 0.15) is 0 Å². The van der Waals surface area contributed by atoms with Crippen molar-refractivity contribution in [2.45, 2.75) is 0 Å². The number of hydrogen-bond donors (Lipinski definition) is 2. The zero-order valence-electron chi connectivity index (χ0n) is 6.79. The van der Waals surface area contributed by atoms with E-state index >= 15 is 0 Å². The first-order chi connectivity index (χ1) is 6.06. The van der Waals surface area contributed by atoms with Gasteiger partial charge in [-0.1, -0.05) is 11.6 Å². The molecule has 0 spiro atoms. The monoisotopic (exact) mass is 204 g/mol. The van der Waals surface area contributed by atoms with Gasteiger partial charge in [0.2, 0.25) is 0 Å². The van der Waals surface area contributed by atoms with Gasteiger partial charge >= 0.3 is 7.12 Å². The Balaban J connectivity index is 3.22. The van der Waals surface area contributed by atoms with E-state index in [9.17, 15) is 4.39 Å². The van der Waals surface area contributed by atoms with Crippen LogP contribution in [0.3, 0.4) is 0 Å². The Morgan fingerprint density at radius 1 is 1.46 bits per heavy atom. The molecule has 0 aliphatic carbocycles. The highest BCUT2D eigenvalue weighted by atomic mass is 35.5. The minimum atomic E-state index is -1.87. The van der Waals surface area contributed by atoms with E-state index in [0.717, 1.165) is 12.1 Å². The van der Waals surface area contributed by atoms with Gasteiger partial charge in [0, 0.05) is 5.46 Å². The quantitative estimate of drug-likeness (QED) is 0.675. The number of ether oxygens (including phenoxy) is 1. The number of benzene rings is 1. The zero-order chi connectivity index (χ0) is 10.0. The Morgan fingerprint density at radius 2 is 2.08 bits per heavy atom. The van der Waals surface area contributed by atoms with Crippen LogP contribution in [-0.4, -0.2) is 24.3 Å². The summed E-state index contributed by atoms with van der Waals surface area (Å²) >= 11 is 5.58. The molecule has 70 valence electrons. The maximum absolute atomic E-state index is 13.0. The minimum absolute atomic E-state index is 0.0874. The lowest BCUT2D eigenvalue weighted by atomic mass is 9.80. The second-order valence-electron chi connectivity index (χ2n) is 2.38. The fourth-order valence-electron chi connectivity index (χ4n) is 0.899. The average Bonchev–Trinajstić information content (AvgIpc) is 2.03. The second kappa shape index (κ2) is 3.96. The standard InChI is InChI=1S/C7H7BClFO3/c1-13-7-2-4(8(11)12)6(10)3-5(7)9/h2-3,11-12H,1H3. The predicted octanol–water partition coefficient (Wildman–Crippen LogP) is 0.167. The van der Waals surface area contributed by atoms with Gasteiger partial charge in [0.1, 0.15) is 11.6 Å². The third-order valence-corrected chi connectivity index (χ3v) is 1.84. The zero-order valence-corrected chi connectivity index (χ0v) is 7.55. The molecule has 1 aromatic carbocycles. The summed E-state index contributed by atoms with van der Waals surface area (Å²) in [5, 5.41) is 17.6. The molecule has 0 fully saturated rings. The number of methoxy groups -OCH3 is 1. The smallest absolute Gasteiger partial charge is 0.491 e. The molecule has 0 heterocycles. The summed E-state index contributed by atoms with van der Waals surface area (Å²) in [6, 6.07) is 2.11. The normalized spacial score (nSPS) is 9.92. The van der Waals surface area contributed by atoms with E-state index < -0.39 is 12.9 Å². The van der Waals surface area contributed by atoms with Gasteiger partial charge < -0.3 is 14.8 Å². The lowest BCUT2D eigenvalue weighted by Crippen LogP contribution is -2.32. The molecule has 1 aromatic rings. The molecule has 0 unspecified atom stereocenters. The first kappa shape index (κ1) is 10.3. The van der Waals surface area contributed by atoms with E-state index in [2.05, 4.69) is 0 Å². The SMILES string of the molecule is COc1cc(B(O)O)c(F)cc1Cl. The van der Waals surface area contributed by atoms with Crippen LogP contribution < -0.4 is 10.2 Å². The maximum atomic E-state index is 13.0. The summed E-state index contributed by atoms with van der Waals surface area (Å²) < 4.78 is 17.7. The van der Waals surface area contributed by atoms with Crippen LogP contribution in [0.5, 0.6) is 5.75 Å². The Bertz CT molecular complexity index is 319. The van der Waals surface area contributed by atoms with E-state index in [-0.39, 0.29) is 16.2 Å². The first-order valence-electron chi connectivity index (χ1n) is 3.45. The molecule has 2 N–H and O–H groups in total. The van der Waals surface area contributed by atoms with Gasteiger partial charge in [-0.25, -0.2) is 4.39 Å². The highest BCUT2D eigenvalue weighted by Crippen LogP contribution is 2.23. The van der Waals surface area contributed by atoms with E-state index in [0.29, 0.717) is 0 Å². The molecule has 6 heteroatoms. The topological polar surface area (TPSA) is 49.7 Å². The molecule has 0 aromatic heterocycles. The van der Waals surface area contributed by atoms with Gasteiger partial charge in [-0.15, -0.1) is 0 Å². The summed E-state index contributed by atoms with van der Waals surface area (Å²) in [6.07, 6.45) is 0. The van der Waals surface area contributed by atoms with E-state index in [4.69, 9.17) is 26.4 Å². The van der Waals surface area contributed by atoms with Crippen molar-refractivity contribution in [1.82, 2.24) is 0 Å². The highest BCUT2D eigenvalue weighted by Gasteiger charge is 2.19. The molecule has 13 heavy (non-hydrogen) atoms. The van der Waals surface area contributed by atoms with Crippen LogP contribution in [0.2, 0.25) is 5.02 Å². The Labute approximate surface area is 79.9 Å². The molecule has 0 aliphatic rings. The largest absolute Gasteiger partial charge is 0.495 e. The Hall–Kier alpha value is -0.775. The fraction of sp³-hybridized carbons (Fsp3) is 0.143. The van der Waals surface area contributed by atoms with E-state index in [1.807, 2.05) is 0 Å². The summed E-state index contributed by atoms with van der Waals surface area (Å²) in [7, 11) is -0.515. The van der Waals surface area contributed by atoms with Crippen LogP contribution in [0.25, 0.3) is 0 Å². The van der Waals surface area contributed by atoms with Crippen LogP contribution in [0.15, 0.2) is 12.1 Å². The summed E-state index contributed by atoms with van der Waals surface area (Å²) in [5.74, 6) is -0.577. The number of hydrogen-bond acceptors (Lipinski definition) is 3. The van der Waals surface area contributed by atoms with Gasteiger partial charge in [0.15, 0.2) is 0 Å². The molecule has 0 bridgehead atoms. The molecule has 1 rings (SSSR count). The highest BCUT2D eigenvalue weighted by molar-refractivity contribution is 6.58. The summed E-state index contributed by atoms with van der Waals surface area (Å²) in [5.41, 5.74) is -0.263. The minimum Gasteiger partial charge on any atom is -0.495 e. The van der Waals surface area contributed by atoms with Crippen LogP contribution in [-0.2, 0) is 0 Å². The van der Waals surface area contributed by atoms with Crippen LogP contribution in [0.4, 0.5) is 4.39 Å². The van der Waals surface area contributed by atoms with Crippen molar-refractivity contribution in [1.29, 1.82) is 0 Å². The van der Waals surface area contributed by atoms with Gasteiger partial charge in [0.05, 0.1) is 12.1 Å². The summed E-state index contributed by atoms with van der Waals surface area (Å²) in [6.45, 7) is 0. The molecule has 3 nitrogen and oxygen atoms in total. The van der Waals surface area contributed by atoms with Crippen molar-refractivity contribution in [2.24, 2.45) is 0 Å². The molecule has 0 saturated heterocycles. The maximum Gasteiger partial charge on any atom is 0.491 e. The van der Waals surface area contributed by atoms with Crippen molar-refractivity contribution < 1.29 is 19.2 Å². The van der Waals surface area contributed by atoms with Crippen molar-refractivity contribution in [3.8, 4) is 5.75 Å². The van der Waals surface area contributed by atoms with Crippen LogP contribution in [0, 0.1) is 5.82 Å². The molecular weight excluding hydrogens is 197 g/mol. The lowest BCUT2D eigenvalue weighted by molar-refractivity contribution is 0.410. The van der Waals surface area contributed by atoms with Gasteiger partial charge in [-0.05, 0) is 12.1 Å². The lowest BCUT2D eigenvalue weighted by Gasteiger charge is -2.06. The second-order valence-corrected chi connectivity index (χ2v) is 2.79. The van der Waals surface area contributed by atoms with E-state index in [1.54, 1.807) is 0 Å². The first-order valence-corrected chi connectivity index (χ1v) is 3.83. The van der Waals surface area contributed by atoms with Crippen molar-refractivity contribution >= 4 is 24.2 Å². The summed E-state index contributed by atoms with van der Waals surface area (Å²) in [4.78, 5) is 0. The average molecular weight is 204 g/mol. The fourth-order valence-corrected chi connectivity index (χ4v) is 1.13. The molecule has 0 radical (unpaired) electrons. The van der Waals surface area contributed by atoms with Crippen molar-refractivity contribution in [3.05, 3.63) is 23.0 Å². The van der Waals surface area contributed by atoms with Crippen molar-refractivity contribution in [3.63, 3.8) is 0 Å². The van der Waals surface area contributed by atoms with Gasteiger partial charge in [-0.2, -0.15) is 0 Å². The van der Waals surface area contributed by atoms with Crippen LogP contribution >= 0.6 is 11.6 Å². The van der Waals surface area contributed by atoms with E-state index in [1.165, 1.54) is 7.11 Å².